The molecule has 0 saturated carbocycles. The first-order chi connectivity index (χ1) is 15.5. The molecule has 0 aliphatic carbocycles. The number of amides is 1. The van der Waals surface area contributed by atoms with Crippen LogP contribution in [0.2, 0.25) is 0 Å². The lowest BCUT2D eigenvalue weighted by atomic mass is 10.1. The van der Waals surface area contributed by atoms with Crippen molar-refractivity contribution in [2.75, 3.05) is 19.1 Å². The van der Waals surface area contributed by atoms with Crippen LogP contribution in [0.5, 0.6) is 5.75 Å². The number of alkyl carbamates (subject to hydrolysis) is 1. The van der Waals surface area contributed by atoms with Crippen molar-refractivity contribution in [2.24, 2.45) is 0 Å². The van der Waals surface area contributed by atoms with Gasteiger partial charge in [0, 0.05) is 18.8 Å². The van der Waals surface area contributed by atoms with E-state index < -0.39 is 19.1 Å². The Morgan fingerprint density at radius 1 is 1.06 bits per heavy atom. The topological polar surface area (TPSA) is 94.1 Å². The summed E-state index contributed by atoms with van der Waals surface area (Å²) in [7, 11) is -3.40. The predicted octanol–water partition coefficient (Wildman–Crippen LogP) is 5.36. The van der Waals surface area contributed by atoms with E-state index in [1.54, 1.807) is 12.1 Å². The first-order valence-electron chi connectivity index (χ1n) is 11.2. The molecule has 0 saturated heterocycles. The molecule has 2 atom stereocenters. The molecule has 0 spiro atoms. The quantitative estimate of drug-likeness (QED) is 0.316. The van der Waals surface area contributed by atoms with E-state index >= 15 is 0 Å². The minimum absolute atomic E-state index is 0.103. The summed E-state index contributed by atoms with van der Waals surface area (Å²) in [5, 5.41) is 2.81. The minimum Gasteiger partial charge on any atom is -0.484 e. The molecule has 2 aromatic rings. The maximum Gasteiger partial charge on any atom is 0.407 e. The van der Waals surface area contributed by atoms with Gasteiger partial charge < -0.3 is 24.4 Å². The SMILES string of the molecule is C[C@H](Cc1ccc(OCP(=O)(O)CCCOCc2ccccc2)cc1)NC(=O)OC(C)(C)C. The number of carbonyl (C=O) groups excluding carboxylic acids is 1. The fraction of sp³-hybridized carbons (Fsp3) is 0.480. The Balaban J connectivity index is 1.67. The van der Waals surface area contributed by atoms with E-state index in [2.05, 4.69) is 5.32 Å². The molecule has 0 radical (unpaired) electrons. The van der Waals surface area contributed by atoms with E-state index in [4.69, 9.17) is 14.2 Å². The van der Waals surface area contributed by atoms with Gasteiger partial charge in [-0.2, -0.15) is 0 Å². The van der Waals surface area contributed by atoms with Gasteiger partial charge in [0.2, 0.25) is 7.37 Å². The standard InChI is InChI=1S/C25H36NO6P/c1-20(26-24(27)32-25(2,3)4)17-21-11-13-23(14-12-21)31-19-33(28,29)16-8-15-30-18-22-9-6-5-7-10-22/h5-7,9-14,20H,8,15-19H2,1-4H3,(H,26,27)(H,28,29)/t20-/m1/s1. The summed E-state index contributed by atoms with van der Waals surface area (Å²) in [6.07, 6.45) is 0.584. The van der Waals surface area contributed by atoms with Crippen LogP contribution in [0.25, 0.3) is 0 Å². The molecule has 0 fully saturated rings. The summed E-state index contributed by atoms with van der Waals surface area (Å²) in [6, 6.07) is 17.0. The van der Waals surface area contributed by atoms with Gasteiger partial charge in [-0.25, -0.2) is 4.79 Å². The number of benzene rings is 2. The van der Waals surface area contributed by atoms with Gasteiger partial charge in [0.25, 0.3) is 0 Å². The number of ether oxygens (including phenoxy) is 3. The molecule has 7 nitrogen and oxygen atoms in total. The molecular formula is C25H36NO6P. The average molecular weight is 478 g/mol. The lowest BCUT2D eigenvalue weighted by Crippen LogP contribution is -2.38. The zero-order valence-corrected chi connectivity index (χ0v) is 20.8. The van der Waals surface area contributed by atoms with E-state index in [-0.39, 0.29) is 18.6 Å². The first-order valence-corrected chi connectivity index (χ1v) is 13.2. The molecule has 0 bridgehead atoms. The van der Waals surface area contributed by atoms with Crippen molar-refractivity contribution in [2.45, 2.75) is 58.8 Å². The molecule has 8 heteroatoms. The van der Waals surface area contributed by atoms with E-state index in [0.717, 1.165) is 11.1 Å². The maximum atomic E-state index is 12.4. The summed E-state index contributed by atoms with van der Waals surface area (Å²) >= 11 is 0. The molecule has 0 heterocycles. The van der Waals surface area contributed by atoms with Gasteiger partial charge in [0.05, 0.1) is 6.61 Å². The third kappa shape index (κ3) is 11.9. The first kappa shape index (κ1) is 26.9. The normalized spacial score (nSPS) is 14.2. The van der Waals surface area contributed by atoms with Crippen LogP contribution in [0.15, 0.2) is 54.6 Å². The van der Waals surface area contributed by atoms with Gasteiger partial charge in [-0.3, -0.25) is 4.57 Å². The molecule has 0 aliphatic heterocycles. The zero-order chi connectivity index (χ0) is 24.3. The molecule has 2 rings (SSSR count). The van der Waals surface area contributed by atoms with Crippen molar-refractivity contribution in [1.29, 1.82) is 0 Å². The number of hydrogen-bond donors (Lipinski definition) is 2. The van der Waals surface area contributed by atoms with E-state index in [1.165, 1.54) is 0 Å². The molecule has 33 heavy (non-hydrogen) atoms. The van der Waals surface area contributed by atoms with E-state index in [1.807, 2.05) is 70.2 Å². The fourth-order valence-electron chi connectivity index (χ4n) is 3.05. The smallest absolute Gasteiger partial charge is 0.407 e. The van der Waals surface area contributed by atoms with Crippen LogP contribution >= 0.6 is 7.37 Å². The van der Waals surface area contributed by atoms with Gasteiger partial charge in [0.1, 0.15) is 11.4 Å². The second-order valence-corrected chi connectivity index (χ2v) is 11.5. The van der Waals surface area contributed by atoms with E-state index in [9.17, 15) is 14.3 Å². The Morgan fingerprint density at radius 2 is 1.73 bits per heavy atom. The number of hydrogen-bond acceptors (Lipinski definition) is 5. The van der Waals surface area contributed by atoms with Crippen LogP contribution < -0.4 is 10.1 Å². The van der Waals surface area contributed by atoms with Crippen molar-refractivity contribution in [3.8, 4) is 5.75 Å². The zero-order valence-electron chi connectivity index (χ0n) is 20.0. The molecule has 0 aromatic heterocycles. The molecule has 2 N–H and O–H groups in total. The highest BCUT2D eigenvalue weighted by molar-refractivity contribution is 7.57. The summed E-state index contributed by atoms with van der Waals surface area (Å²) < 4.78 is 28.7. The van der Waals surface area contributed by atoms with Gasteiger partial charge in [0.15, 0.2) is 6.35 Å². The summed E-state index contributed by atoms with van der Waals surface area (Å²) in [6.45, 7) is 8.28. The molecule has 182 valence electrons. The van der Waals surface area contributed by atoms with Gasteiger partial charge in [-0.1, -0.05) is 42.5 Å². The highest BCUT2D eigenvalue weighted by Gasteiger charge is 2.19. The Morgan fingerprint density at radius 3 is 2.36 bits per heavy atom. The van der Waals surface area contributed by atoms with Crippen molar-refractivity contribution in [3.63, 3.8) is 0 Å². The number of rotatable bonds is 12. The Kier molecular flexibility index (Phi) is 10.4. The summed E-state index contributed by atoms with van der Waals surface area (Å²) in [5.41, 5.74) is 1.55. The lowest BCUT2D eigenvalue weighted by molar-refractivity contribution is 0.0508. The van der Waals surface area contributed by atoms with Crippen molar-refractivity contribution in [3.05, 3.63) is 65.7 Å². The van der Waals surface area contributed by atoms with Crippen molar-refractivity contribution < 1.29 is 28.5 Å². The average Bonchev–Trinajstić information content (AvgIpc) is 2.72. The molecule has 1 unspecified atom stereocenters. The maximum absolute atomic E-state index is 12.4. The van der Waals surface area contributed by atoms with Crippen molar-refractivity contribution in [1.82, 2.24) is 5.32 Å². The molecule has 0 aliphatic rings. The monoisotopic (exact) mass is 477 g/mol. The highest BCUT2D eigenvalue weighted by atomic mass is 31.2. The molecular weight excluding hydrogens is 441 g/mol. The minimum atomic E-state index is -3.40. The van der Waals surface area contributed by atoms with Gasteiger partial charge in [-0.05, 0) is 63.8 Å². The Labute approximate surface area is 196 Å². The van der Waals surface area contributed by atoms with Crippen LogP contribution in [0, 0.1) is 0 Å². The van der Waals surface area contributed by atoms with Crippen LogP contribution in [0.3, 0.4) is 0 Å². The second-order valence-electron chi connectivity index (χ2n) is 9.13. The summed E-state index contributed by atoms with van der Waals surface area (Å²) in [4.78, 5) is 22.0. The number of nitrogens with one attached hydrogen (secondary N) is 1. The largest absolute Gasteiger partial charge is 0.484 e. The van der Waals surface area contributed by atoms with Gasteiger partial charge >= 0.3 is 6.09 Å². The highest BCUT2D eigenvalue weighted by Crippen LogP contribution is 2.41. The van der Waals surface area contributed by atoms with Crippen LogP contribution in [0.1, 0.15) is 45.2 Å². The number of carbonyl (C=O) groups is 1. The Bertz CT molecular complexity index is 895. The third-order valence-corrected chi connectivity index (χ3v) is 6.12. The van der Waals surface area contributed by atoms with E-state index in [0.29, 0.717) is 31.8 Å². The Hall–Kier alpha value is -2.34. The fourth-order valence-corrected chi connectivity index (χ4v) is 4.16. The van der Waals surface area contributed by atoms with Crippen LogP contribution in [0.4, 0.5) is 4.79 Å². The molecule has 1 amide bonds. The summed E-state index contributed by atoms with van der Waals surface area (Å²) in [5.74, 6) is 0.529. The van der Waals surface area contributed by atoms with Crippen LogP contribution in [-0.2, 0) is 27.1 Å². The van der Waals surface area contributed by atoms with Gasteiger partial charge in [-0.15, -0.1) is 0 Å². The van der Waals surface area contributed by atoms with Crippen molar-refractivity contribution >= 4 is 13.5 Å². The predicted molar refractivity (Wildman–Crippen MR) is 130 cm³/mol. The lowest BCUT2D eigenvalue weighted by Gasteiger charge is -2.22. The second kappa shape index (κ2) is 12.8. The molecule has 2 aromatic carbocycles. The van der Waals surface area contributed by atoms with Crippen LogP contribution in [-0.4, -0.2) is 41.7 Å². The third-order valence-electron chi connectivity index (χ3n) is 4.57.